The molecule has 0 bridgehead atoms. The lowest BCUT2D eigenvalue weighted by atomic mass is 9.95. The largest absolute Gasteiger partial charge is 0.344 e. The lowest BCUT2D eigenvalue weighted by Crippen LogP contribution is -2.33. The highest BCUT2D eigenvalue weighted by molar-refractivity contribution is 5.84. The topological polar surface area (TPSA) is 35.5 Å². The summed E-state index contributed by atoms with van der Waals surface area (Å²) < 4.78 is 11.6. The summed E-state index contributed by atoms with van der Waals surface area (Å²) in [6.45, 7) is 12.1. The van der Waals surface area contributed by atoms with Crippen molar-refractivity contribution in [3.05, 3.63) is 0 Å². The first-order chi connectivity index (χ1) is 7.71. The summed E-state index contributed by atoms with van der Waals surface area (Å²) in [6, 6.07) is 0. The van der Waals surface area contributed by atoms with Gasteiger partial charge in [-0.1, -0.05) is 27.7 Å². The number of carbonyl (C=O) groups excluding carboxylic acids is 1. The SMILES string of the molecule is CC(C)CC(=O)[C@H]1OC(C)(C)O[C@@H]1CC(C)C. The molecule has 1 aliphatic rings. The van der Waals surface area contributed by atoms with Gasteiger partial charge in [0.05, 0.1) is 6.10 Å². The average Bonchev–Trinajstić information content (AvgIpc) is 2.38. The molecule has 0 radical (unpaired) electrons. The smallest absolute Gasteiger partial charge is 0.164 e. The monoisotopic (exact) mass is 242 g/mol. The van der Waals surface area contributed by atoms with Crippen LogP contribution in [0.5, 0.6) is 0 Å². The van der Waals surface area contributed by atoms with Crippen molar-refractivity contribution in [2.24, 2.45) is 11.8 Å². The molecule has 0 spiro atoms. The Bertz CT molecular complexity index is 269. The molecule has 1 saturated heterocycles. The van der Waals surface area contributed by atoms with Crippen molar-refractivity contribution in [1.29, 1.82) is 0 Å². The maximum Gasteiger partial charge on any atom is 0.164 e. The Morgan fingerprint density at radius 2 is 1.71 bits per heavy atom. The van der Waals surface area contributed by atoms with E-state index in [-0.39, 0.29) is 18.0 Å². The molecule has 0 aromatic heterocycles. The molecule has 1 aliphatic heterocycles. The predicted molar refractivity (Wildman–Crippen MR) is 67.7 cm³/mol. The summed E-state index contributed by atoms with van der Waals surface area (Å²) in [7, 11) is 0. The number of hydrogen-bond acceptors (Lipinski definition) is 3. The maximum atomic E-state index is 12.1. The second kappa shape index (κ2) is 5.49. The maximum absolute atomic E-state index is 12.1. The Balaban J connectivity index is 2.69. The minimum absolute atomic E-state index is 0.0868. The number of ketones is 1. The Hall–Kier alpha value is -0.410. The van der Waals surface area contributed by atoms with Crippen LogP contribution >= 0.6 is 0 Å². The number of carbonyl (C=O) groups is 1. The van der Waals surface area contributed by atoms with Gasteiger partial charge in [0, 0.05) is 6.42 Å². The first kappa shape index (κ1) is 14.7. The van der Waals surface area contributed by atoms with E-state index < -0.39 is 5.79 Å². The zero-order valence-electron chi connectivity index (χ0n) is 11.9. The standard InChI is InChI=1S/C14H26O3/c1-9(2)7-11(15)13-12(8-10(3)4)16-14(5,6)17-13/h9-10,12-13H,7-8H2,1-6H3/t12-,13-/m1/s1. The minimum Gasteiger partial charge on any atom is -0.344 e. The number of ether oxygens (including phenoxy) is 2. The molecule has 0 unspecified atom stereocenters. The van der Waals surface area contributed by atoms with Crippen LogP contribution in [0.1, 0.15) is 54.4 Å². The van der Waals surface area contributed by atoms with Gasteiger partial charge in [0.15, 0.2) is 11.6 Å². The van der Waals surface area contributed by atoms with Crippen molar-refractivity contribution in [1.82, 2.24) is 0 Å². The molecule has 0 aromatic rings. The van der Waals surface area contributed by atoms with Gasteiger partial charge < -0.3 is 9.47 Å². The molecule has 1 fully saturated rings. The quantitative estimate of drug-likeness (QED) is 0.743. The van der Waals surface area contributed by atoms with Crippen LogP contribution in [0, 0.1) is 11.8 Å². The van der Waals surface area contributed by atoms with Crippen LogP contribution in [0.3, 0.4) is 0 Å². The lowest BCUT2D eigenvalue weighted by Gasteiger charge is -2.18. The van der Waals surface area contributed by atoms with Crippen LogP contribution in [0.25, 0.3) is 0 Å². The van der Waals surface area contributed by atoms with E-state index in [9.17, 15) is 4.79 Å². The van der Waals surface area contributed by atoms with Gasteiger partial charge in [0.2, 0.25) is 0 Å². The molecule has 0 amide bonds. The highest BCUT2D eigenvalue weighted by Crippen LogP contribution is 2.32. The Labute approximate surface area is 105 Å². The van der Waals surface area contributed by atoms with Crippen molar-refractivity contribution < 1.29 is 14.3 Å². The molecule has 0 aromatic carbocycles. The van der Waals surface area contributed by atoms with Gasteiger partial charge in [-0.2, -0.15) is 0 Å². The molecule has 3 nitrogen and oxygen atoms in total. The Morgan fingerprint density at radius 3 is 2.18 bits per heavy atom. The molecule has 100 valence electrons. The molecule has 17 heavy (non-hydrogen) atoms. The molecule has 2 atom stereocenters. The number of hydrogen-bond donors (Lipinski definition) is 0. The van der Waals surface area contributed by atoms with Crippen LogP contribution in [-0.2, 0) is 14.3 Å². The van der Waals surface area contributed by atoms with Gasteiger partial charge in [-0.15, -0.1) is 0 Å². The van der Waals surface area contributed by atoms with E-state index in [1.807, 2.05) is 13.8 Å². The first-order valence-electron chi connectivity index (χ1n) is 6.59. The highest BCUT2D eigenvalue weighted by Gasteiger charge is 2.44. The second-order valence-corrected chi connectivity index (χ2v) is 6.29. The van der Waals surface area contributed by atoms with E-state index >= 15 is 0 Å². The molecule has 1 rings (SSSR count). The zero-order chi connectivity index (χ0) is 13.2. The lowest BCUT2D eigenvalue weighted by molar-refractivity contribution is -0.155. The fourth-order valence-corrected chi connectivity index (χ4v) is 2.26. The van der Waals surface area contributed by atoms with Gasteiger partial charge in [0.25, 0.3) is 0 Å². The molecular formula is C14H26O3. The zero-order valence-corrected chi connectivity index (χ0v) is 11.9. The van der Waals surface area contributed by atoms with Crippen molar-refractivity contribution in [2.75, 3.05) is 0 Å². The van der Waals surface area contributed by atoms with E-state index in [1.54, 1.807) is 0 Å². The third-order valence-corrected chi connectivity index (χ3v) is 2.81. The minimum atomic E-state index is -0.628. The summed E-state index contributed by atoms with van der Waals surface area (Å²) in [5.74, 6) is 0.425. The fraction of sp³-hybridized carbons (Fsp3) is 0.929. The van der Waals surface area contributed by atoms with Gasteiger partial charge in [0.1, 0.15) is 6.10 Å². The Kier molecular flexibility index (Phi) is 4.73. The summed E-state index contributed by atoms with van der Waals surface area (Å²) in [5.41, 5.74) is 0. The average molecular weight is 242 g/mol. The van der Waals surface area contributed by atoms with Crippen LogP contribution in [0.15, 0.2) is 0 Å². The van der Waals surface area contributed by atoms with Crippen LogP contribution < -0.4 is 0 Å². The van der Waals surface area contributed by atoms with Crippen molar-refractivity contribution in [3.8, 4) is 0 Å². The van der Waals surface area contributed by atoms with Gasteiger partial charge in [-0.25, -0.2) is 0 Å². The highest BCUT2D eigenvalue weighted by atomic mass is 16.8. The third-order valence-electron chi connectivity index (χ3n) is 2.81. The predicted octanol–water partition coefficient (Wildman–Crippen LogP) is 3.17. The van der Waals surface area contributed by atoms with Crippen molar-refractivity contribution in [2.45, 2.75) is 72.4 Å². The molecule has 1 heterocycles. The first-order valence-corrected chi connectivity index (χ1v) is 6.59. The fourth-order valence-electron chi connectivity index (χ4n) is 2.26. The van der Waals surface area contributed by atoms with E-state index in [0.717, 1.165) is 6.42 Å². The molecule has 0 saturated carbocycles. The molecule has 3 heteroatoms. The number of Topliss-reactive ketones (excluding diaryl/α,β-unsaturated/α-hetero) is 1. The second-order valence-electron chi connectivity index (χ2n) is 6.29. The van der Waals surface area contributed by atoms with Crippen molar-refractivity contribution >= 4 is 5.78 Å². The summed E-state index contributed by atoms with van der Waals surface area (Å²) in [6.07, 6.45) is 0.974. The van der Waals surface area contributed by atoms with Crippen LogP contribution in [0.2, 0.25) is 0 Å². The van der Waals surface area contributed by atoms with Gasteiger partial charge >= 0.3 is 0 Å². The van der Waals surface area contributed by atoms with Crippen LogP contribution in [-0.4, -0.2) is 23.8 Å². The summed E-state index contributed by atoms with van der Waals surface area (Å²) in [5, 5.41) is 0. The van der Waals surface area contributed by atoms with E-state index in [4.69, 9.17) is 9.47 Å². The summed E-state index contributed by atoms with van der Waals surface area (Å²) in [4.78, 5) is 12.1. The van der Waals surface area contributed by atoms with E-state index in [2.05, 4.69) is 27.7 Å². The van der Waals surface area contributed by atoms with Gasteiger partial charge in [-0.05, 0) is 32.1 Å². The Morgan fingerprint density at radius 1 is 1.12 bits per heavy atom. The third kappa shape index (κ3) is 4.40. The van der Waals surface area contributed by atoms with Crippen LogP contribution in [0.4, 0.5) is 0 Å². The van der Waals surface area contributed by atoms with Gasteiger partial charge in [-0.3, -0.25) is 4.79 Å². The molecular weight excluding hydrogens is 216 g/mol. The van der Waals surface area contributed by atoms with Crippen molar-refractivity contribution in [3.63, 3.8) is 0 Å². The normalized spacial score (nSPS) is 28.0. The van der Waals surface area contributed by atoms with E-state index in [0.29, 0.717) is 18.3 Å². The van der Waals surface area contributed by atoms with E-state index in [1.165, 1.54) is 0 Å². The molecule has 0 N–H and O–H groups in total. The molecule has 0 aliphatic carbocycles. The summed E-state index contributed by atoms with van der Waals surface area (Å²) >= 11 is 0. The number of rotatable bonds is 5.